The Hall–Kier alpha value is -3.85. The van der Waals surface area contributed by atoms with E-state index in [1.807, 2.05) is 0 Å². The average molecular weight is 513 g/mol. The second-order valence-corrected chi connectivity index (χ2v) is 9.02. The number of halogens is 1. The molecule has 0 radical (unpaired) electrons. The van der Waals surface area contributed by atoms with Crippen LogP contribution in [-0.2, 0) is 16.2 Å². The van der Waals surface area contributed by atoms with Crippen molar-refractivity contribution in [2.24, 2.45) is 0 Å². The number of hydrogen-bond acceptors (Lipinski definition) is 6. The molecular formula is C26H25ClN2O7. The number of barbiturate groups is 1. The van der Waals surface area contributed by atoms with Gasteiger partial charge in [-0.2, -0.15) is 0 Å². The Balaban J connectivity index is 1.56. The first kappa shape index (κ1) is 25.2. The normalized spacial score (nSPS) is 17.8. The van der Waals surface area contributed by atoms with Gasteiger partial charge in [0, 0.05) is 6.04 Å². The highest BCUT2D eigenvalue weighted by atomic mass is 35.5. The SMILES string of the molecule is COc1cc(C=C2C(=O)NC(=O)N(C3CCCCC3)C2=O)cc(Cl)c1OCc1ccc(C(=O)O)cc1. The summed E-state index contributed by atoms with van der Waals surface area (Å²) in [6.45, 7) is 0.107. The summed E-state index contributed by atoms with van der Waals surface area (Å²) in [5.41, 5.74) is 1.15. The maximum absolute atomic E-state index is 13.1. The molecule has 0 atom stereocenters. The molecule has 2 fully saturated rings. The largest absolute Gasteiger partial charge is 0.493 e. The highest BCUT2D eigenvalue weighted by Crippen LogP contribution is 2.38. The van der Waals surface area contributed by atoms with Crippen LogP contribution in [0.25, 0.3) is 6.08 Å². The third-order valence-electron chi connectivity index (χ3n) is 6.22. The number of amides is 4. The van der Waals surface area contributed by atoms with Crippen LogP contribution in [0.4, 0.5) is 4.79 Å². The Bertz CT molecular complexity index is 1230. The summed E-state index contributed by atoms with van der Waals surface area (Å²) in [6, 6.07) is 8.40. The number of urea groups is 1. The Morgan fingerprint density at radius 2 is 1.83 bits per heavy atom. The van der Waals surface area contributed by atoms with Crippen molar-refractivity contribution < 1.29 is 33.8 Å². The van der Waals surface area contributed by atoms with Crippen LogP contribution >= 0.6 is 11.6 Å². The summed E-state index contributed by atoms with van der Waals surface area (Å²) in [5, 5.41) is 11.5. The van der Waals surface area contributed by atoms with Crippen molar-refractivity contribution in [3.63, 3.8) is 0 Å². The van der Waals surface area contributed by atoms with Crippen LogP contribution in [0.3, 0.4) is 0 Å². The highest BCUT2D eigenvalue weighted by molar-refractivity contribution is 6.33. The third-order valence-corrected chi connectivity index (χ3v) is 6.50. The fourth-order valence-corrected chi connectivity index (χ4v) is 4.64. The van der Waals surface area contributed by atoms with E-state index in [4.69, 9.17) is 26.2 Å². The number of benzene rings is 2. The fourth-order valence-electron chi connectivity index (χ4n) is 4.37. The van der Waals surface area contributed by atoms with Gasteiger partial charge in [-0.25, -0.2) is 9.59 Å². The third kappa shape index (κ3) is 5.36. The minimum absolute atomic E-state index is 0.107. The molecule has 36 heavy (non-hydrogen) atoms. The minimum Gasteiger partial charge on any atom is -0.493 e. The molecule has 188 valence electrons. The zero-order valence-corrected chi connectivity index (χ0v) is 20.3. The molecule has 0 aromatic heterocycles. The van der Waals surface area contributed by atoms with Gasteiger partial charge in [0.05, 0.1) is 17.7 Å². The second kappa shape index (κ2) is 10.8. The molecule has 4 rings (SSSR count). The lowest BCUT2D eigenvalue weighted by atomic mass is 9.93. The van der Waals surface area contributed by atoms with Gasteiger partial charge in [-0.15, -0.1) is 0 Å². The van der Waals surface area contributed by atoms with Crippen LogP contribution < -0.4 is 14.8 Å². The summed E-state index contributed by atoms with van der Waals surface area (Å²) < 4.78 is 11.2. The average Bonchev–Trinajstić information content (AvgIpc) is 2.86. The lowest BCUT2D eigenvalue weighted by Crippen LogP contribution is -2.58. The number of ether oxygens (including phenoxy) is 2. The van der Waals surface area contributed by atoms with Gasteiger partial charge in [-0.1, -0.05) is 43.0 Å². The number of carboxylic acids is 1. The molecule has 1 aliphatic heterocycles. The molecule has 9 nitrogen and oxygen atoms in total. The van der Waals surface area contributed by atoms with E-state index >= 15 is 0 Å². The summed E-state index contributed by atoms with van der Waals surface area (Å²) in [6.07, 6.45) is 5.71. The maximum atomic E-state index is 13.1. The van der Waals surface area contributed by atoms with Crippen LogP contribution in [-0.4, -0.2) is 47.0 Å². The summed E-state index contributed by atoms with van der Waals surface area (Å²) in [5.74, 6) is -1.89. The monoisotopic (exact) mass is 512 g/mol. The number of rotatable bonds is 7. The van der Waals surface area contributed by atoms with Gasteiger partial charge in [0.2, 0.25) is 0 Å². The molecule has 1 aliphatic carbocycles. The summed E-state index contributed by atoms with van der Waals surface area (Å²) >= 11 is 6.45. The predicted octanol–water partition coefficient (Wildman–Crippen LogP) is 4.42. The first-order valence-corrected chi connectivity index (χ1v) is 11.9. The Kier molecular flexibility index (Phi) is 7.59. The van der Waals surface area contributed by atoms with Gasteiger partial charge >= 0.3 is 12.0 Å². The number of nitrogens with one attached hydrogen (secondary N) is 1. The Morgan fingerprint density at radius 1 is 1.14 bits per heavy atom. The number of aromatic carboxylic acids is 1. The molecule has 4 amide bonds. The first-order chi connectivity index (χ1) is 17.3. The zero-order chi connectivity index (χ0) is 25.8. The number of methoxy groups -OCH3 is 1. The van der Waals surface area contributed by atoms with Gasteiger partial charge in [0.1, 0.15) is 12.2 Å². The molecule has 2 aromatic rings. The van der Waals surface area contributed by atoms with Gasteiger partial charge in [-0.3, -0.25) is 19.8 Å². The van der Waals surface area contributed by atoms with Crippen molar-refractivity contribution in [3.8, 4) is 11.5 Å². The van der Waals surface area contributed by atoms with Crippen molar-refractivity contribution >= 4 is 41.5 Å². The molecule has 10 heteroatoms. The minimum atomic E-state index is -1.02. The first-order valence-electron chi connectivity index (χ1n) is 11.5. The fraction of sp³-hybridized carbons (Fsp3) is 0.308. The van der Waals surface area contributed by atoms with Gasteiger partial charge in [0.15, 0.2) is 11.5 Å². The standard InChI is InChI=1S/C26H25ClN2O7/c1-35-21-13-16(12-20(27)22(21)36-14-15-7-9-17(10-8-15)25(32)33)11-19-23(30)28-26(34)29(24(19)31)18-5-3-2-4-6-18/h7-13,18H,2-6,14H2,1H3,(H,32,33)(H,28,30,34). The van der Waals surface area contributed by atoms with E-state index in [-0.39, 0.29) is 40.3 Å². The van der Waals surface area contributed by atoms with E-state index in [0.29, 0.717) is 18.4 Å². The molecule has 1 saturated heterocycles. The lowest BCUT2D eigenvalue weighted by Gasteiger charge is -2.35. The summed E-state index contributed by atoms with van der Waals surface area (Å²) in [7, 11) is 1.43. The Morgan fingerprint density at radius 3 is 2.47 bits per heavy atom. The number of hydrogen-bond donors (Lipinski definition) is 2. The van der Waals surface area contributed by atoms with Gasteiger partial charge < -0.3 is 14.6 Å². The number of carbonyl (C=O) groups excluding carboxylic acids is 3. The van der Waals surface area contributed by atoms with Crippen LogP contribution in [0, 0.1) is 0 Å². The predicted molar refractivity (Wildman–Crippen MR) is 131 cm³/mol. The van der Waals surface area contributed by atoms with E-state index < -0.39 is 23.8 Å². The number of nitrogens with zero attached hydrogens (tertiary/aromatic N) is 1. The number of carboxylic acid groups (broad SMARTS) is 1. The van der Waals surface area contributed by atoms with E-state index in [2.05, 4.69) is 5.32 Å². The van der Waals surface area contributed by atoms with Crippen molar-refractivity contribution in [1.29, 1.82) is 0 Å². The van der Waals surface area contributed by atoms with Crippen molar-refractivity contribution in [2.75, 3.05) is 7.11 Å². The topological polar surface area (TPSA) is 122 Å². The van der Waals surface area contributed by atoms with E-state index in [1.54, 1.807) is 18.2 Å². The number of imide groups is 2. The molecule has 2 aromatic carbocycles. The molecule has 1 heterocycles. The Labute approximate surface area is 212 Å². The van der Waals surface area contributed by atoms with Gasteiger partial charge in [0.25, 0.3) is 11.8 Å². The quantitative estimate of drug-likeness (QED) is 0.416. The van der Waals surface area contributed by atoms with Gasteiger partial charge in [-0.05, 0) is 54.3 Å². The molecule has 0 spiro atoms. The van der Waals surface area contributed by atoms with Crippen LogP contribution in [0.1, 0.15) is 53.6 Å². The van der Waals surface area contributed by atoms with Crippen molar-refractivity contribution in [2.45, 2.75) is 44.8 Å². The zero-order valence-electron chi connectivity index (χ0n) is 19.6. The maximum Gasteiger partial charge on any atom is 0.335 e. The molecule has 2 aliphatic rings. The molecule has 0 bridgehead atoms. The lowest BCUT2D eigenvalue weighted by molar-refractivity contribution is -0.132. The van der Waals surface area contributed by atoms with Crippen LogP contribution in [0.15, 0.2) is 42.0 Å². The van der Waals surface area contributed by atoms with E-state index in [1.165, 1.54) is 31.4 Å². The molecule has 1 saturated carbocycles. The number of carbonyl (C=O) groups is 4. The van der Waals surface area contributed by atoms with Crippen LogP contribution in [0.5, 0.6) is 11.5 Å². The smallest absolute Gasteiger partial charge is 0.335 e. The van der Waals surface area contributed by atoms with E-state index in [0.717, 1.165) is 29.7 Å². The van der Waals surface area contributed by atoms with Crippen molar-refractivity contribution in [3.05, 3.63) is 63.7 Å². The van der Waals surface area contributed by atoms with Crippen LogP contribution in [0.2, 0.25) is 5.02 Å². The molecular weight excluding hydrogens is 488 g/mol. The molecule has 0 unspecified atom stereocenters. The second-order valence-electron chi connectivity index (χ2n) is 8.61. The highest BCUT2D eigenvalue weighted by Gasteiger charge is 2.40. The van der Waals surface area contributed by atoms with Crippen molar-refractivity contribution in [1.82, 2.24) is 10.2 Å². The molecule has 2 N–H and O–H groups in total. The summed E-state index contributed by atoms with van der Waals surface area (Å²) in [4.78, 5) is 50.2. The van der Waals surface area contributed by atoms with E-state index in [9.17, 15) is 19.2 Å².